The lowest BCUT2D eigenvalue weighted by Gasteiger charge is -2.25. The van der Waals surface area contributed by atoms with Gasteiger partial charge in [-0.15, -0.1) is 0 Å². The third-order valence-corrected chi connectivity index (χ3v) is 3.93. The summed E-state index contributed by atoms with van der Waals surface area (Å²) in [6.07, 6.45) is 6.96. The molecule has 1 fully saturated rings. The first-order chi connectivity index (χ1) is 11.1. The number of hydrogen-bond donors (Lipinski definition) is 1. The van der Waals surface area contributed by atoms with Gasteiger partial charge in [-0.05, 0) is 24.5 Å². The van der Waals surface area contributed by atoms with Crippen molar-refractivity contribution >= 4 is 17.7 Å². The number of carbonyl (C=O) groups excluding carboxylic acids is 1. The first kappa shape index (κ1) is 15.2. The Bertz CT molecular complexity index is 675. The van der Waals surface area contributed by atoms with Gasteiger partial charge < -0.3 is 9.80 Å². The lowest BCUT2D eigenvalue weighted by atomic mass is 10.1. The van der Waals surface area contributed by atoms with Gasteiger partial charge in [0.2, 0.25) is 0 Å². The van der Waals surface area contributed by atoms with Crippen molar-refractivity contribution in [3.8, 4) is 0 Å². The summed E-state index contributed by atoms with van der Waals surface area (Å²) in [7, 11) is 3.79. The highest BCUT2D eigenvalue weighted by molar-refractivity contribution is 5.89. The van der Waals surface area contributed by atoms with E-state index in [1.807, 2.05) is 42.2 Å². The summed E-state index contributed by atoms with van der Waals surface area (Å²) in [6.45, 7) is 0.733. The maximum atomic E-state index is 12.6. The molecule has 1 aliphatic rings. The number of amides is 2. The number of carbonyl (C=O) groups is 1. The predicted octanol–water partition coefficient (Wildman–Crippen LogP) is 2.31. The van der Waals surface area contributed by atoms with Crippen LogP contribution >= 0.6 is 0 Å². The topological polar surface area (TPSA) is 74.2 Å². The molecular weight excluding hydrogens is 292 g/mol. The van der Waals surface area contributed by atoms with Crippen molar-refractivity contribution in [2.24, 2.45) is 0 Å². The van der Waals surface area contributed by atoms with Gasteiger partial charge in [-0.2, -0.15) is 0 Å². The summed E-state index contributed by atoms with van der Waals surface area (Å²) in [5.74, 6) is 1.26. The quantitative estimate of drug-likeness (QED) is 0.941. The van der Waals surface area contributed by atoms with Crippen molar-refractivity contribution in [1.82, 2.24) is 19.9 Å². The van der Waals surface area contributed by atoms with Gasteiger partial charge in [0.1, 0.15) is 18.0 Å². The molecule has 2 aromatic rings. The average Bonchev–Trinajstić information content (AvgIpc) is 3.05. The van der Waals surface area contributed by atoms with E-state index >= 15 is 0 Å². The van der Waals surface area contributed by atoms with Gasteiger partial charge >= 0.3 is 6.03 Å². The summed E-state index contributed by atoms with van der Waals surface area (Å²) >= 11 is 0. The largest absolute Gasteiger partial charge is 0.363 e. The smallest absolute Gasteiger partial charge is 0.323 e. The Hall–Kier alpha value is -2.70. The zero-order valence-corrected chi connectivity index (χ0v) is 13.3. The zero-order chi connectivity index (χ0) is 16.2. The van der Waals surface area contributed by atoms with Crippen LogP contribution in [0.2, 0.25) is 0 Å². The highest BCUT2D eigenvalue weighted by Gasteiger charge is 2.30. The van der Waals surface area contributed by atoms with Crippen LogP contribution in [0.15, 0.2) is 36.9 Å². The van der Waals surface area contributed by atoms with Gasteiger partial charge in [-0.3, -0.25) is 10.3 Å². The van der Waals surface area contributed by atoms with Gasteiger partial charge in [0, 0.05) is 39.1 Å². The first-order valence-corrected chi connectivity index (χ1v) is 7.62. The van der Waals surface area contributed by atoms with E-state index in [-0.39, 0.29) is 12.1 Å². The molecule has 1 saturated heterocycles. The van der Waals surface area contributed by atoms with E-state index < -0.39 is 0 Å². The fourth-order valence-corrected chi connectivity index (χ4v) is 2.77. The van der Waals surface area contributed by atoms with Crippen molar-refractivity contribution in [1.29, 1.82) is 0 Å². The van der Waals surface area contributed by atoms with E-state index in [2.05, 4.69) is 20.3 Å². The van der Waals surface area contributed by atoms with Crippen LogP contribution < -0.4 is 10.2 Å². The molecule has 1 atom stereocenters. The Kier molecular flexibility index (Phi) is 4.36. The number of urea groups is 1. The molecule has 120 valence electrons. The molecule has 1 aliphatic heterocycles. The summed E-state index contributed by atoms with van der Waals surface area (Å²) in [6, 6.07) is 5.60. The molecule has 7 nitrogen and oxygen atoms in total. The van der Waals surface area contributed by atoms with Crippen molar-refractivity contribution in [3.63, 3.8) is 0 Å². The number of nitrogens with one attached hydrogen (secondary N) is 1. The number of rotatable bonds is 3. The van der Waals surface area contributed by atoms with Gasteiger partial charge in [0.15, 0.2) is 0 Å². The molecule has 1 N–H and O–H groups in total. The first-order valence-electron chi connectivity index (χ1n) is 7.62. The van der Waals surface area contributed by atoms with E-state index in [0.717, 1.165) is 30.8 Å². The van der Waals surface area contributed by atoms with Gasteiger partial charge in [-0.25, -0.2) is 14.8 Å². The monoisotopic (exact) mass is 312 g/mol. The van der Waals surface area contributed by atoms with Crippen molar-refractivity contribution < 1.29 is 4.79 Å². The molecule has 23 heavy (non-hydrogen) atoms. The van der Waals surface area contributed by atoms with Gasteiger partial charge in [0.05, 0.1) is 6.04 Å². The maximum absolute atomic E-state index is 12.6. The molecule has 0 aliphatic carbocycles. The molecule has 0 radical (unpaired) electrons. The molecule has 2 amide bonds. The van der Waals surface area contributed by atoms with Crippen LogP contribution in [-0.2, 0) is 0 Å². The Balaban J connectivity index is 1.74. The Labute approximate surface area is 135 Å². The SMILES string of the molecule is CN(C)c1cc(NC(=O)N2CCCC2c2cccnc2)ncn1. The second-order valence-corrected chi connectivity index (χ2v) is 5.72. The lowest BCUT2D eigenvalue weighted by molar-refractivity contribution is 0.207. The number of aromatic nitrogens is 3. The fourth-order valence-electron chi connectivity index (χ4n) is 2.77. The number of anilines is 2. The summed E-state index contributed by atoms with van der Waals surface area (Å²) in [5.41, 5.74) is 1.07. The second-order valence-electron chi connectivity index (χ2n) is 5.72. The summed E-state index contributed by atoms with van der Waals surface area (Å²) in [5, 5.41) is 2.87. The molecule has 1 unspecified atom stereocenters. The van der Waals surface area contributed by atoms with Crippen LogP contribution in [-0.4, -0.2) is 46.5 Å². The minimum Gasteiger partial charge on any atom is -0.363 e. The molecule has 3 rings (SSSR count). The third kappa shape index (κ3) is 3.39. The summed E-state index contributed by atoms with van der Waals surface area (Å²) < 4.78 is 0. The molecule has 0 aromatic carbocycles. The highest BCUT2D eigenvalue weighted by atomic mass is 16.2. The van der Waals surface area contributed by atoms with Gasteiger partial charge in [-0.1, -0.05) is 6.07 Å². The second kappa shape index (κ2) is 6.60. The number of nitrogens with zero attached hydrogens (tertiary/aromatic N) is 5. The van der Waals surface area contributed by atoms with E-state index in [1.54, 1.807) is 12.3 Å². The Morgan fingerprint density at radius 1 is 1.39 bits per heavy atom. The molecule has 7 heteroatoms. The molecule has 3 heterocycles. The van der Waals surface area contributed by atoms with Crippen LogP contribution in [0.3, 0.4) is 0 Å². The number of pyridine rings is 1. The van der Waals surface area contributed by atoms with E-state index in [1.165, 1.54) is 6.33 Å². The molecule has 0 saturated carbocycles. The predicted molar refractivity (Wildman–Crippen MR) is 88.3 cm³/mol. The van der Waals surface area contributed by atoms with E-state index in [0.29, 0.717) is 5.82 Å². The minimum absolute atomic E-state index is 0.0684. The van der Waals surface area contributed by atoms with Gasteiger partial charge in [0.25, 0.3) is 0 Å². The molecule has 0 spiro atoms. The van der Waals surface area contributed by atoms with Crippen LogP contribution in [0.25, 0.3) is 0 Å². The maximum Gasteiger partial charge on any atom is 0.323 e. The standard InChI is InChI=1S/C16H20N6O/c1-21(2)15-9-14(18-11-19-15)20-16(23)22-8-4-6-13(22)12-5-3-7-17-10-12/h3,5,7,9-11,13H,4,6,8H2,1-2H3,(H,18,19,20,23). The van der Waals surface area contributed by atoms with Crippen molar-refractivity contribution in [2.45, 2.75) is 18.9 Å². The highest BCUT2D eigenvalue weighted by Crippen LogP contribution is 2.31. The van der Waals surface area contributed by atoms with E-state index in [4.69, 9.17) is 0 Å². The fraction of sp³-hybridized carbons (Fsp3) is 0.375. The van der Waals surface area contributed by atoms with Crippen LogP contribution in [0.5, 0.6) is 0 Å². The molecule has 2 aromatic heterocycles. The van der Waals surface area contributed by atoms with Crippen LogP contribution in [0, 0.1) is 0 Å². The minimum atomic E-state index is -0.139. The van der Waals surface area contributed by atoms with E-state index in [9.17, 15) is 4.79 Å². The molecule has 0 bridgehead atoms. The lowest BCUT2D eigenvalue weighted by Crippen LogP contribution is -2.34. The van der Waals surface area contributed by atoms with Crippen molar-refractivity contribution in [3.05, 3.63) is 42.5 Å². The van der Waals surface area contributed by atoms with Crippen LogP contribution in [0.1, 0.15) is 24.4 Å². The Morgan fingerprint density at radius 3 is 3.00 bits per heavy atom. The number of hydrogen-bond acceptors (Lipinski definition) is 5. The molecular formula is C16H20N6O. The normalized spacial score (nSPS) is 17.1. The Morgan fingerprint density at radius 2 is 2.26 bits per heavy atom. The zero-order valence-electron chi connectivity index (χ0n) is 13.3. The van der Waals surface area contributed by atoms with Crippen molar-refractivity contribution in [2.75, 3.05) is 30.9 Å². The third-order valence-electron chi connectivity index (χ3n) is 3.93. The van der Waals surface area contributed by atoms with Crippen LogP contribution in [0.4, 0.5) is 16.4 Å². The number of likely N-dealkylation sites (tertiary alicyclic amines) is 1. The average molecular weight is 312 g/mol. The summed E-state index contributed by atoms with van der Waals surface area (Å²) in [4.78, 5) is 28.7.